The number of esters is 1. The minimum Gasteiger partial charge on any atom is -1.00 e. The van der Waals surface area contributed by atoms with Crippen molar-refractivity contribution < 1.29 is 36.0 Å². The van der Waals surface area contributed by atoms with Crippen LogP contribution in [0.4, 0.5) is 0 Å². The number of ether oxygens (including phenoxy) is 1. The number of amides is 2. The van der Waals surface area contributed by atoms with E-state index in [0.717, 1.165) is 47.3 Å². The Morgan fingerprint density at radius 1 is 0.822 bits per heavy atom. The normalized spacial score (nSPS) is 11.6. The Kier molecular flexibility index (Phi) is 12.9. The third-order valence-corrected chi connectivity index (χ3v) is 7.00. The van der Waals surface area contributed by atoms with Gasteiger partial charge in [0, 0.05) is 28.7 Å². The molecule has 1 atom stereocenters. The molecular formula is C35H42ClN5O4. The smallest absolute Gasteiger partial charge is 0.306 e. The zero-order valence-corrected chi connectivity index (χ0v) is 27.1. The lowest BCUT2D eigenvalue weighted by atomic mass is 10.1. The molecule has 4 rings (SSSR count). The maximum atomic E-state index is 12.8. The summed E-state index contributed by atoms with van der Waals surface area (Å²) in [7, 11) is 5.90. The average Bonchev–Trinajstić information content (AvgIpc) is 3.46. The predicted molar refractivity (Wildman–Crippen MR) is 172 cm³/mol. The number of quaternary nitrogens is 1. The van der Waals surface area contributed by atoms with Crippen LogP contribution in [0, 0.1) is 0 Å². The van der Waals surface area contributed by atoms with Crippen molar-refractivity contribution in [2.75, 3.05) is 27.7 Å². The monoisotopic (exact) mass is 631 g/mol. The largest absolute Gasteiger partial charge is 1.00 e. The molecule has 0 saturated carbocycles. The van der Waals surface area contributed by atoms with Crippen LogP contribution >= 0.6 is 0 Å². The molecule has 1 unspecified atom stereocenters. The number of benzene rings is 3. The number of H-pyrrole nitrogens is 1. The molecule has 238 valence electrons. The van der Waals surface area contributed by atoms with Gasteiger partial charge in [-0.1, -0.05) is 92.6 Å². The minimum atomic E-state index is -0.602. The molecule has 1 aromatic heterocycles. The van der Waals surface area contributed by atoms with Crippen LogP contribution < -0.4 is 23.3 Å². The van der Waals surface area contributed by atoms with Gasteiger partial charge in [0.2, 0.25) is 5.91 Å². The fourth-order valence-corrected chi connectivity index (χ4v) is 4.88. The first-order chi connectivity index (χ1) is 21.1. The Bertz CT molecular complexity index is 1480. The summed E-state index contributed by atoms with van der Waals surface area (Å²) in [5.74, 6) is -0.529. The lowest BCUT2D eigenvalue weighted by molar-refractivity contribution is -0.873. The van der Waals surface area contributed by atoms with Crippen molar-refractivity contribution in [1.29, 1.82) is 0 Å². The van der Waals surface area contributed by atoms with Gasteiger partial charge in [-0.05, 0) is 18.6 Å². The molecule has 0 saturated heterocycles. The summed E-state index contributed by atoms with van der Waals surface area (Å²) >= 11 is 0. The van der Waals surface area contributed by atoms with Crippen LogP contribution in [0.25, 0.3) is 33.9 Å². The lowest BCUT2D eigenvalue weighted by Crippen LogP contribution is -3.00. The number of nitrogens with one attached hydrogen (secondary N) is 3. The van der Waals surface area contributed by atoms with Gasteiger partial charge < -0.3 is 26.6 Å². The van der Waals surface area contributed by atoms with E-state index in [1.165, 1.54) is 0 Å². The Hall–Kier alpha value is -4.47. The van der Waals surface area contributed by atoms with E-state index in [0.29, 0.717) is 28.8 Å². The van der Waals surface area contributed by atoms with E-state index < -0.39 is 17.9 Å². The number of hydrogen-bond acceptors (Lipinski definition) is 5. The molecule has 0 aliphatic heterocycles. The van der Waals surface area contributed by atoms with Gasteiger partial charge in [0.15, 0.2) is 6.10 Å². The molecule has 0 fully saturated rings. The first-order valence-electron chi connectivity index (χ1n) is 15.0. The zero-order chi connectivity index (χ0) is 31.5. The van der Waals surface area contributed by atoms with Crippen molar-refractivity contribution in [2.45, 2.75) is 45.1 Å². The fourth-order valence-electron chi connectivity index (χ4n) is 4.88. The molecule has 1 heterocycles. The highest BCUT2D eigenvalue weighted by Gasteiger charge is 2.25. The summed E-state index contributed by atoms with van der Waals surface area (Å²) in [5.41, 5.74) is 9.88. The van der Waals surface area contributed by atoms with Crippen LogP contribution in [-0.2, 0) is 14.3 Å². The van der Waals surface area contributed by atoms with Crippen LogP contribution in [0.1, 0.15) is 49.4 Å². The standard InChI is InChI=1S/C35H41N5O4.ClH/c1-5-6-9-18-31(42)44-29(24-40(2,3)4)23-30(41)38-39-35(43)28-21-19-27(20-22-28)34-36-32(25-14-10-7-11-15-25)33(37-34)26-16-12-8-13-17-26;/h7-8,10-17,19-22,29H,5-6,9,18,23-24H2,1-4H3,(H2-,36,37,38,39,41,43);1H. The number of hydrazine groups is 1. The second-order valence-corrected chi connectivity index (χ2v) is 11.9. The number of carbonyl (C=O) groups is 3. The summed E-state index contributed by atoms with van der Waals surface area (Å²) in [6.07, 6.45) is 2.39. The van der Waals surface area contributed by atoms with Crippen LogP contribution in [0.5, 0.6) is 0 Å². The zero-order valence-electron chi connectivity index (χ0n) is 26.3. The van der Waals surface area contributed by atoms with E-state index in [2.05, 4.69) is 22.8 Å². The number of hydrogen-bond donors (Lipinski definition) is 3. The molecule has 0 aliphatic rings. The van der Waals surface area contributed by atoms with Crippen LogP contribution in [-0.4, -0.2) is 66.0 Å². The highest BCUT2D eigenvalue weighted by molar-refractivity contribution is 5.96. The van der Waals surface area contributed by atoms with Gasteiger partial charge in [-0.25, -0.2) is 4.98 Å². The van der Waals surface area contributed by atoms with Crippen LogP contribution in [0.15, 0.2) is 84.9 Å². The number of nitrogens with zero attached hydrogens (tertiary/aromatic N) is 2. The highest BCUT2D eigenvalue weighted by Crippen LogP contribution is 2.33. The van der Waals surface area contributed by atoms with E-state index in [9.17, 15) is 14.4 Å². The minimum absolute atomic E-state index is 0. The average molecular weight is 632 g/mol. The topological polar surface area (TPSA) is 113 Å². The SMILES string of the molecule is CCCCCC(=O)OC(CC(=O)NNC(=O)c1ccc(-c2nc(-c3ccccc3)c(-c3ccccc3)[nH]2)cc1)C[N+](C)(C)C.[Cl-]. The molecule has 0 bridgehead atoms. The lowest BCUT2D eigenvalue weighted by Gasteiger charge is -2.28. The van der Waals surface area contributed by atoms with Gasteiger partial charge >= 0.3 is 5.97 Å². The fraction of sp³-hybridized carbons (Fsp3) is 0.314. The number of imidazole rings is 1. The number of aromatic amines is 1. The maximum absolute atomic E-state index is 12.8. The molecule has 3 N–H and O–H groups in total. The van der Waals surface area contributed by atoms with E-state index in [4.69, 9.17) is 9.72 Å². The number of unbranched alkanes of at least 4 members (excludes halogenated alkanes) is 2. The first-order valence-corrected chi connectivity index (χ1v) is 15.0. The van der Waals surface area contributed by atoms with Crippen LogP contribution in [0.2, 0.25) is 0 Å². The second kappa shape index (κ2) is 16.6. The number of halogens is 1. The van der Waals surface area contributed by atoms with Gasteiger partial charge in [0.1, 0.15) is 12.4 Å². The van der Waals surface area contributed by atoms with Gasteiger partial charge in [-0.15, -0.1) is 0 Å². The summed E-state index contributed by atoms with van der Waals surface area (Å²) in [5, 5.41) is 0. The third kappa shape index (κ3) is 10.6. The van der Waals surface area contributed by atoms with E-state index in [1.807, 2.05) is 93.9 Å². The number of aromatic nitrogens is 2. The van der Waals surface area contributed by atoms with E-state index in [1.54, 1.807) is 12.1 Å². The Morgan fingerprint density at radius 2 is 1.44 bits per heavy atom. The molecule has 9 nitrogen and oxygen atoms in total. The van der Waals surface area contributed by atoms with Gasteiger partial charge in [0.05, 0.1) is 39.0 Å². The Morgan fingerprint density at radius 3 is 2.04 bits per heavy atom. The molecule has 0 spiro atoms. The van der Waals surface area contributed by atoms with Crippen molar-refractivity contribution in [3.63, 3.8) is 0 Å². The summed E-state index contributed by atoms with van der Waals surface area (Å²) in [6.45, 7) is 2.54. The van der Waals surface area contributed by atoms with Gasteiger partial charge in [0.25, 0.3) is 5.91 Å². The Balaban J connectivity index is 0.00000552. The summed E-state index contributed by atoms with van der Waals surface area (Å²) in [6, 6.07) is 27.0. The Labute approximate surface area is 271 Å². The number of carbonyl (C=O) groups excluding carboxylic acids is 3. The van der Waals surface area contributed by atoms with Crippen molar-refractivity contribution in [3.05, 3.63) is 90.5 Å². The second-order valence-electron chi connectivity index (χ2n) is 11.9. The van der Waals surface area contributed by atoms with E-state index in [-0.39, 0.29) is 24.8 Å². The molecule has 2 amide bonds. The molecule has 0 radical (unpaired) electrons. The van der Waals surface area contributed by atoms with Crippen molar-refractivity contribution in [1.82, 2.24) is 20.8 Å². The molecule has 10 heteroatoms. The molecule has 4 aromatic rings. The van der Waals surface area contributed by atoms with Crippen molar-refractivity contribution in [2.24, 2.45) is 0 Å². The number of rotatable bonds is 13. The van der Waals surface area contributed by atoms with E-state index >= 15 is 0 Å². The quantitative estimate of drug-likeness (QED) is 0.0909. The van der Waals surface area contributed by atoms with Crippen molar-refractivity contribution >= 4 is 17.8 Å². The number of likely N-dealkylation sites (N-methyl/N-ethyl adjacent to an activating group) is 1. The molecule has 3 aromatic carbocycles. The summed E-state index contributed by atoms with van der Waals surface area (Å²) < 4.78 is 6.14. The van der Waals surface area contributed by atoms with Gasteiger partial charge in [-0.3, -0.25) is 25.2 Å². The first kappa shape index (κ1) is 35.0. The highest BCUT2D eigenvalue weighted by atomic mass is 35.5. The predicted octanol–water partition coefficient (Wildman–Crippen LogP) is 2.76. The maximum Gasteiger partial charge on any atom is 0.306 e. The third-order valence-electron chi connectivity index (χ3n) is 7.00. The van der Waals surface area contributed by atoms with Crippen molar-refractivity contribution in [3.8, 4) is 33.9 Å². The molecule has 45 heavy (non-hydrogen) atoms. The van der Waals surface area contributed by atoms with Gasteiger partial charge in [-0.2, -0.15) is 0 Å². The van der Waals surface area contributed by atoms with Crippen LogP contribution in [0.3, 0.4) is 0 Å². The molecular weight excluding hydrogens is 590 g/mol. The molecule has 0 aliphatic carbocycles. The summed E-state index contributed by atoms with van der Waals surface area (Å²) in [4.78, 5) is 46.2.